The van der Waals surface area contributed by atoms with Crippen molar-refractivity contribution in [3.05, 3.63) is 36.2 Å². The van der Waals surface area contributed by atoms with E-state index in [1.54, 1.807) is 4.68 Å². The quantitative estimate of drug-likeness (QED) is 0.782. The average Bonchev–Trinajstić information content (AvgIpc) is 3.20. The van der Waals surface area contributed by atoms with Crippen LogP contribution in [0.3, 0.4) is 0 Å². The molecular weight excluding hydrogens is 268 g/mol. The van der Waals surface area contributed by atoms with Gasteiger partial charge in [0.2, 0.25) is 5.91 Å². The van der Waals surface area contributed by atoms with Crippen LogP contribution in [0, 0.1) is 5.92 Å². The first-order valence-corrected chi connectivity index (χ1v) is 7.08. The first kappa shape index (κ1) is 13.7. The molecule has 1 saturated carbocycles. The number of carbonyl (C=O) groups is 1. The lowest BCUT2D eigenvalue weighted by molar-refractivity contribution is -0.121. The molecule has 7 nitrogen and oxygen atoms in total. The Morgan fingerprint density at radius 3 is 2.71 bits per heavy atom. The lowest BCUT2D eigenvalue weighted by atomic mass is 10.1. The van der Waals surface area contributed by atoms with E-state index in [0.717, 1.165) is 11.3 Å². The van der Waals surface area contributed by atoms with Crippen LogP contribution >= 0.6 is 0 Å². The first-order chi connectivity index (χ1) is 10.3. The van der Waals surface area contributed by atoms with Crippen LogP contribution < -0.4 is 11.1 Å². The minimum Gasteiger partial charge on any atom is -0.352 e. The Balaban J connectivity index is 1.58. The van der Waals surface area contributed by atoms with Gasteiger partial charge < -0.3 is 11.1 Å². The number of amides is 1. The molecule has 3 N–H and O–H groups in total. The van der Waals surface area contributed by atoms with Crippen molar-refractivity contribution in [2.24, 2.45) is 11.7 Å². The highest BCUT2D eigenvalue weighted by Gasteiger charge is 2.31. The molecule has 1 aliphatic rings. The molecule has 110 valence electrons. The van der Waals surface area contributed by atoms with Gasteiger partial charge in [-0.15, -0.1) is 5.10 Å². The lowest BCUT2D eigenvalue weighted by Crippen LogP contribution is -2.42. The second kappa shape index (κ2) is 6.01. The van der Waals surface area contributed by atoms with Crippen molar-refractivity contribution in [1.29, 1.82) is 0 Å². The number of nitrogens with two attached hydrogens (primary N) is 1. The summed E-state index contributed by atoms with van der Waals surface area (Å²) in [7, 11) is 0. The Labute approximate surface area is 122 Å². The van der Waals surface area contributed by atoms with Gasteiger partial charge in [0.15, 0.2) is 0 Å². The van der Waals surface area contributed by atoms with Gasteiger partial charge in [0.05, 0.1) is 12.1 Å². The summed E-state index contributed by atoms with van der Waals surface area (Å²) in [5.74, 6) is 0.591. The Kier molecular flexibility index (Phi) is 3.92. The Hall–Kier alpha value is -2.28. The standard InChI is InChI=1S/C14H18N6O/c15-8-13(11-3-4-11)17-14(21)7-10-1-5-12(6-2-10)20-9-16-18-19-20/h1-2,5-6,9,11,13H,3-4,7-8,15H2,(H,17,21). The fourth-order valence-corrected chi connectivity index (χ4v) is 2.36. The van der Waals surface area contributed by atoms with Crippen LogP contribution in [-0.2, 0) is 11.2 Å². The fourth-order valence-electron chi connectivity index (χ4n) is 2.36. The van der Waals surface area contributed by atoms with Gasteiger partial charge in [0.25, 0.3) is 0 Å². The van der Waals surface area contributed by atoms with Gasteiger partial charge >= 0.3 is 0 Å². The second-order valence-corrected chi connectivity index (χ2v) is 5.34. The number of benzene rings is 1. The van der Waals surface area contributed by atoms with E-state index >= 15 is 0 Å². The molecule has 2 aromatic rings. The fraction of sp³-hybridized carbons (Fsp3) is 0.429. The van der Waals surface area contributed by atoms with Crippen molar-refractivity contribution < 1.29 is 4.79 Å². The number of tetrazole rings is 1. The maximum atomic E-state index is 12.0. The molecule has 0 saturated heterocycles. The molecule has 0 radical (unpaired) electrons. The van der Waals surface area contributed by atoms with Crippen molar-refractivity contribution in [2.75, 3.05) is 6.54 Å². The average molecular weight is 286 g/mol. The van der Waals surface area contributed by atoms with Gasteiger partial charge in [-0.2, -0.15) is 0 Å². The summed E-state index contributed by atoms with van der Waals surface area (Å²) >= 11 is 0. The van der Waals surface area contributed by atoms with Gasteiger partial charge in [-0.1, -0.05) is 12.1 Å². The van der Waals surface area contributed by atoms with E-state index in [1.165, 1.54) is 19.2 Å². The van der Waals surface area contributed by atoms with E-state index in [4.69, 9.17) is 5.73 Å². The first-order valence-electron chi connectivity index (χ1n) is 7.08. The van der Waals surface area contributed by atoms with Gasteiger partial charge in [-0.3, -0.25) is 4.79 Å². The molecule has 1 amide bonds. The van der Waals surface area contributed by atoms with Gasteiger partial charge in [0.1, 0.15) is 6.33 Å². The number of nitrogens with zero attached hydrogens (tertiary/aromatic N) is 4. The van der Waals surface area contributed by atoms with Crippen LogP contribution in [0.2, 0.25) is 0 Å². The summed E-state index contributed by atoms with van der Waals surface area (Å²) in [6.07, 6.45) is 4.23. The highest BCUT2D eigenvalue weighted by Crippen LogP contribution is 2.32. The molecule has 0 aliphatic heterocycles. The summed E-state index contributed by atoms with van der Waals surface area (Å²) in [5, 5.41) is 14.0. The number of hydrogen-bond donors (Lipinski definition) is 2. The number of aromatic nitrogens is 4. The highest BCUT2D eigenvalue weighted by atomic mass is 16.1. The van der Waals surface area contributed by atoms with Crippen LogP contribution in [0.1, 0.15) is 18.4 Å². The molecule has 1 aromatic carbocycles. The molecule has 1 unspecified atom stereocenters. The number of carbonyl (C=O) groups excluding carboxylic acids is 1. The van der Waals surface area contributed by atoms with Crippen molar-refractivity contribution in [2.45, 2.75) is 25.3 Å². The molecule has 0 bridgehead atoms. The summed E-state index contributed by atoms with van der Waals surface area (Å²) in [4.78, 5) is 12.0. The summed E-state index contributed by atoms with van der Waals surface area (Å²) in [5.41, 5.74) is 7.51. The third kappa shape index (κ3) is 3.43. The van der Waals surface area contributed by atoms with Gasteiger partial charge in [-0.05, 0) is 46.9 Å². The van der Waals surface area contributed by atoms with Crippen molar-refractivity contribution >= 4 is 5.91 Å². The third-order valence-electron chi connectivity index (χ3n) is 3.71. The Morgan fingerprint density at radius 1 is 1.38 bits per heavy atom. The molecule has 3 rings (SSSR count). The van der Waals surface area contributed by atoms with Crippen LogP contribution in [0.4, 0.5) is 0 Å². The van der Waals surface area contributed by atoms with Crippen LogP contribution in [0.5, 0.6) is 0 Å². The third-order valence-corrected chi connectivity index (χ3v) is 3.71. The summed E-state index contributed by atoms with van der Waals surface area (Å²) < 4.78 is 1.57. The normalized spacial score (nSPS) is 15.7. The predicted molar refractivity (Wildman–Crippen MR) is 76.6 cm³/mol. The number of nitrogens with one attached hydrogen (secondary N) is 1. The molecule has 7 heteroatoms. The lowest BCUT2D eigenvalue weighted by Gasteiger charge is -2.16. The van der Waals surface area contributed by atoms with Crippen LogP contribution in [0.25, 0.3) is 5.69 Å². The van der Waals surface area contributed by atoms with Crippen molar-refractivity contribution in [1.82, 2.24) is 25.5 Å². The van der Waals surface area contributed by atoms with Gasteiger partial charge in [0, 0.05) is 12.6 Å². The minimum absolute atomic E-state index is 0.0209. The van der Waals surface area contributed by atoms with E-state index in [1.807, 2.05) is 24.3 Å². The van der Waals surface area contributed by atoms with E-state index < -0.39 is 0 Å². The molecule has 1 atom stereocenters. The Morgan fingerprint density at radius 2 is 2.14 bits per heavy atom. The number of rotatable bonds is 6. The molecule has 1 heterocycles. The van der Waals surface area contributed by atoms with Crippen molar-refractivity contribution in [3.63, 3.8) is 0 Å². The van der Waals surface area contributed by atoms with Crippen LogP contribution in [-0.4, -0.2) is 38.7 Å². The van der Waals surface area contributed by atoms with E-state index in [9.17, 15) is 4.79 Å². The summed E-state index contributed by atoms with van der Waals surface area (Å²) in [6.45, 7) is 0.509. The molecular formula is C14H18N6O. The second-order valence-electron chi connectivity index (χ2n) is 5.34. The van der Waals surface area contributed by atoms with E-state index in [-0.39, 0.29) is 11.9 Å². The van der Waals surface area contributed by atoms with Crippen molar-refractivity contribution in [3.8, 4) is 5.69 Å². The predicted octanol–water partition coefficient (Wildman–Crippen LogP) is 0.0583. The highest BCUT2D eigenvalue weighted by molar-refractivity contribution is 5.79. The zero-order valence-corrected chi connectivity index (χ0v) is 11.6. The Bertz CT molecular complexity index is 590. The van der Waals surface area contributed by atoms with E-state index in [2.05, 4.69) is 20.8 Å². The molecule has 1 fully saturated rings. The molecule has 21 heavy (non-hydrogen) atoms. The molecule has 0 spiro atoms. The maximum Gasteiger partial charge on any atom is 0.224 e. The summed E-state index contributed by atoms with van der Waals surface area (Å²) in [6, 6.07) is 7.72. The maximum absolute atomic E-state index is 12.0. The SMILES string of the molecule is NCC(NC(=O)Cc1ccc(-n2cnnn2)cc1)C1CC1. The smallest absolute Gasteiger partial charge is 0.224 e. The van der Waals surface area contributed by atoms with Gasteiger partial charge in [-0.25, -0.2) is 4.68 Å². The van der Waals surface area contributed by atoms with E-state index in [0.29, 0.717) is 18.9 Å². The minimum atomic E-state index is 0.0209. The monoisotopic (exact) mass is 286 g/mol. The molecule has 1 aromatic heterocycles. The molecule has 1 aliphatic carbocycles. The number of hydrogen-bond acceptors (Lipinski definition) is 5. The van der Waals surface area contributed by atoms with Crippen LogP contribution in [0.15, 0.2) is 30.6 Å². The largest absolute Gasteiger partial charge is 0.352 e. The topological polar surface area (TPSA) is 98.7 Å². The zero-order chi connectivity index (χ0) is 14.7. The zero-order valence-electron chi connectivity index (χ0n) is 11.6.